The van der Waals surface area contributed by atoms with Gasteiger partial charge in [-0.05, 0) is 29.9 Å². The van der Waals surface area contributed by atoms with E-state index in [2.05, 4.69) is 101 Å². The molecule has 0 radical (unpaired) electrons. The lowest BCUT2D eigenvalue weighted by molar-refractivity contribution is -0.154. The summed E-state index contributed by atoms with van der Waals surface area (Å²) < 4.78 is 39.1. The first-order valence-electron chi connectivity index (χ1n) is 9.59. The van der Waals surface area contributed by atoms with Crippen LogP contribution in [0.2, 0.25) is 0 Å². The van der Waals surface area contributed by atoms with Gasteiger partial charge in [-0.1, -0.05) is 97.1 Å². The lowest BCUT2D eigenvalue weighted by atomic mass is 10.4. The van der Waals surface area contributed by atoms with Crippen LogP contribution in [0.3, 0.4) is 0 Å². The van der Waals surface area contributed by atoms with E-state index in [4.69, 9.17) is 0 Å². The number of rotatable bonds is 5. The Labute approximate surface area is 181 Å². The first kappa shape index (κ1) is 22.5. The zero-order valence-corrected chi connectivity index (χ0v) is 17.5. The number of benzene rings is 3. The number of alkyl halides is 3. The SMILES string of the molecule is FC(F)(F)COc1ccccn1.c1ccc(P(c2ccccc2)c2ccccc2)cc1. The minimum Gasteiger partial charge on any atom is -0.468 e. The van der Waals surface area contributed by atoms with Crippen molar-refractivity contribution in [3.8, 4) is 5.88 Å². The highest BCUT2D eigenvalue weighted by Gasteiger charge is 2.28. The molecule has 2 nitrogen and oxygen atoms in total. The van der Waals surface area contributed by atoms with Crippen LogP contribution in [0.1, 0.15) is 0 Å². The fraction of sp³-hybridized carbons (Fsp3) is 0.0800. The van der Waals surface area contributed by atoms with E-state index in [0.717, 1.165) is 0 Å². The average Bonchev–Trinajstić information content (AvgIpc) is 2.81. The molecule has 4 rings (SSSR count). The molecule has 0 spiro atoms. The highest BCUT2D eigenvalue weighted by molar-refractivity contribution is 7.79. The summed E-state index contributed by atoms with van der Waals surface area (Å²) >= 11 is 0. The van der Waals surface area contributed by atoms with E-state index < -0.39 is 20.7 Å². The van der Waals surface area contributed by atoms with Gasteiger partial charge in [0.25, 0.3) is 0 Å². The minimum atomic E-state index is -4.31. The molecule has 0 aliphatic heterocycles. The highest BCUT2D eigenvalue weighted by atomic mass is 31.1. The van der Waals surface area contributed by atoms with Gasteiger partial charge in [-0.15, -0.1) is 0 Å². The molecule has 4 aromatic rings. The number of hydrogen-bond acceptors (Lipinski definition) is 2. The second-order valence-electron chi connectivity index (χ2n) is 6.41. The van der Waals surface area contributed by atoms with Gasteiger partial charge in [0, 0.05) is 12.3 Å². The Balaban J connectivity index is 0.000000196. The molecule has 158 valence electrons. The lowest BCUT2D eigenvalue weighted by Crippen LogP contribution is -2.20. The van der Waals surface area contributed by atoms with Crippen LogP contribution in [0.15, 0.2) is 115 Å². The summed E-state index contributed by atoms with van der Waals surface area (Å²) in [7, 11) is -0.446. The Morgan fingerprint density at radius 3 is 1.39 bits per heavy atom. The molecular weight excluding hydrogens is 418 g/mol. The Kier molecular flexibility index (Phi) is 8.19. The number of nitrogens with zero attached hydrogens (tertiary/aromatic N) is 1. The molecule has 0 bridgehead atoms. The van der Waals surface area contributed by atoms with Crippen LogP contribution in [0.5, 0.6) is 5.88 Å². The highest BCUT2D eigenvalue weighted by Crippen LogP contribution is 2.32. The summed E-state index contributed by atoms with van der Waals surface area (Å²) in [5, 5.41) is 4.19. The predicted octanol–water partition coefficient (Wildman–Crippen LogP) is 5.47. The quantitative estimate of drug-likeness (QED) is 0.385. The van der Waals surface area contributed by atoms with E-state index in [9.17, 15) is 13.2 Å². The maximum Gasteiger partial charge on any atom is 0.422 e. The van der Waals surface area contributed by atoms with Crippen LogP contribution >= 0.6 is 7.92 Å². The molecule has 0 saturated heterocycles. The largest absolute Gasteiger partial charge is 0.468 e. The van der Waals surface area contributed by atoms with Gasteiger partial charge in [0.05, 0.1) is 0 Å². The van der Waals surface area contributed by atoms with Crippen molar-refractivity contribution in [1.29, 1.82) is 0 Å². The van der Waals surface area contributed by atoms with Crippen molar-refractivity contribution in [3.63, 3.8) is 0 Å². The molecule has 0 fully saturated rings. The van der Waals surface area contributed by atoms with Crippen molar-refractivity contribution < 1.29 is 17.9 Å². The molecule has 0 unspecified atom stereocenters. The Morgan fingerprint density at radius 2 is 1.03 bits per heavy atom. The van der Waals surface area contributed by atoms with Crippen LogP contribution in [0.25, 0.3) is 0 Å². The van der Waals surface area contributed by atoms with Crippen molar-refractivity contribution >= 4 is 23.8 Å². The summed E-state index contributed by atoms with van der Waals surface area (Å²) in [6, 6.07) is 36.8. The van der Waals surface area contributed by atoms with Gasteiger partial charge in [0.1, 0.15) is 0 Å². The molecule has 1 aromatic heterocycles. The fourth-order valence-electron chi connectivity index (χ4n) is 2.77. The molecule has 3 aromatic carbocycles. The zero-order chi connectivity index (χ0) is 21.9. The van der Waals surface area contributed by atoms with Crippen LogP contribution in [0.4, 0.5) is 13.2 Å². The molecule has 0 aliphatic carbocycles. The average molecular weight is 439 g/mol. The molecule has 1 heterocycles. The van der Waals surface area contributed by atoms with Crippen LogP contribution < -0.4 is 20.7 Å². The molecule has 31 heavy (non-hydrogen) atoms. The summed E-state index contributed by atoms with van der Waals surface area (Å²) in [6.45, 7) is -1.30. The van der Waals surface area contributed by atoms with Gasteiger partial charge in [0.15, 0.2) is 6.61 Å². The first-order valence-corrected chi connectivity index (χ1v) is 10.9. The number of aromatic nitrogens is 1. The van der Waals surface area contributed by atoms with Crippen molar-refractivity contribution in [2.24, 2.45) is 0 Å². The maximum atomic E-state index is 11.6. The summed E-state index contributed by atoms with van der Waals surface area (Å²) in [5.41, 5.74) is 0. The Hall–Kier alpha value is -3.17. The summed E-state index contributed by atoms with van der Waals surface area (Å²) in [6.07, 6.45) is -2.94. The smallest absolute Gasteiger partial charge is 0.422 e. The topological polar surface area (TPSA) is 22.1 Å². The van der Waals surface area contributed by atoms with Gasteiger partial charge in [-0.25, -0.2) is 4.98 Å². The number of hydrogen-bond donors (Lipinski definition) is 0. The second kappa shape index (κ2) is 11.3. The molecule has 0 saturated carbocycles. The van der Waals surface area contributed by atoms with E-state index >= 15 is 0 Å². The minimum absolute atomic E-state index is 0.0187. The third-order valence-electron chi connectivity index (χ3n) is 4.06. The van der Waals surface area contributed by atoms with Crippen LogP contribution in [0, 0.1) is 0 Å². The van der Waals surface area contributed by atoms with E-state index in [-0.39, 0.29) is 5.88 Å². The monoisotopic (exact) mass is 439 g/mol. The van der Waals surface area contributed by atoms with Crippen molar-refractivity contribution in [2.75, 3.05) is 6.61 Å². The first-order chi connectivity index (χ1) is 15.0. The van der Waals surface area contributed by atoms with Crippen LogP contribution in [-0.4, -0.2) is 17.8 Å². The third kappa shape index (κ3) is 7.54. The fourth-order valence-corrected chi connectivity index (χ4v) is 5.07. The van der Waals surface area contributed by atoms with Gasteiger partial charge < -0.3 is 4.74 Å². The third-order valence-corrected chi connectivity index (χ3v) is 6.51. The standard InChI is InChI=1S/C18H15P.C7H6F3NO/c1-4-10-16(11-5-1)19(17-12-6-2-7-13-17)18-14-8-3-9-15-18;8-7(9,10)5-12-6-3-1-2-4-11-6/h1-15H;1-4H,5H2. The van der Waals surface area contributed by atoms with Crippen molar-refractivity contribution in [1.82, 2.24) is 4.98 Å². The number of halogens is 3. The molecule has 0 atom stereocenters. The van der Waals surface area contributed by atoms with E-state index in [1.54, 1.807) is 12.1 Å². The summed E-state index contributed by atoms with van der Waals surface area (Å²) in [4.78, 5) is 3.56. The molecule has 0 amide bonds. The summed E-state index contributed by atoms with van der Waals surface area (Å²) in [5.74, 6) is -0.0187. The molecule has 6 heteroatoms. The predicted molar refractivity (Wildman–Crippen MR) is 121 cm³/mol. The van der Waals surface area contributed by atoms with Crippen LogP contribution in [-0.2, 0) is 0 Å². The number of ether oxygens (including phenoxy) is 1. The normalized spacial score (nSPS) is 10.8. The molecular formula is C25H21F3NOP. The zero-order valence-electron chi connectivity index (χ0n) is 16.6. The van der Waals surface area contributed by atoms with Gasteiger partial charge >= 0.3 is 6.18 Å². The van der Waals surface area contributed by atoms with E-state index in [1.807, 2.05) is 0 Å². The molecule has 0 aliphatic rings. The lowest BCUT2D eigenvalue weighted by Gasteiger charge is -2.18. The van der Waals surface area contributed by atoms with E-state index in [0.29, 0.717) is 0 Å². The van der Waals surface area contributed by atoms with E-state index in [1.165, 1.54) is 28.2 Å². The van der Waals surface area contributed by atoms with Gasteiger partial charge in [0.2, 0.25) is 5.88 Å². The van der Waals surface area contributed by atoms with Crippen molar-refractivity contribution in [3.05, 3.63) is 115 Å². The van der Waals surface area contributed by atoms with Gasteiger partial charge in [-0.2, -0.15) is 13.2 Å². The Bertz CT molecular complexity index is 920. The number of pyridine rings is 1. The van der Waals surface area contributed by atoms with Gasteiger partial charge in [-0.3, -0.25) is 0 Å². The second-order valence-corrected chi connectivity index (χ2v) is 8.63. The molecule has 0 N–H and O–H groups in total. The maximum absolute atomic E-state index is 11.6. The Morgan fingerprint density at radius 1 is 0.613 bits per heavy atom. The van der Waals surface area contributed by atoms with Crippen molar-refractivity contribution in [2.45, 2.75) is 6.18 Å².